The minimum absolute atomic E-state index is 0.0746. The van der Waals surface area contributed by atoms with E-state index in [9.17, 15) is 4.79 Å². The van der Waals surface area contributed by atoms with Crippen molar-refractivity contribution in [2.45, 2.75) is 25.6 Å². The molecule has 1 aromatic carbocycles. The lowest BCUT2D eigenvalue weighted by Crippen LogP contribution is -2.41. The van der Waals surface area contributed by atoms with Crippen LogP contribution in [-0.2, 0) is 15.9 Å². The molecule has 2 fully saturated rings. The zero-order valence-corrected chi connectivity index (χ0v) is 14.9. The Kier molecular flexibility index (Phi) is 4.21. The van der Waals surface area contributed by atoms with Crippen LogP contribution in [0.4, 0.5) is 0 Å². The van der Waals surface area contributed by atoms with E-state index in [1.807, 2.05) is 23.1 Å². The summed E-state index contributed by atoms with van der Waals surface area (Å²) < 4.78 is 16.8. The van der Waals surface area contributed by atoms with E-state index >= 15 is 0 Å². The standard InChI is InChI=1S/C21H25NO4/c23-21(17-3-4-19-16(11-17)5-6-24-19)22(13-20-25-7-8-26-20)12-18-10-14-1-2-15(18)9-14/h1-4,11,14-15,18,20H,5-10,12-13H2/t14-,15+,18+/m1/s1. The molecular formula is C21H25NO4. The van der Waals surface area contributed by atoms with Crippen molar-refractivity contribution >= 4 is 5.91 Å². The van der Waals surface area contributed by atoms with E-state index in [1.165, 1.54) is 12.8 Å². The number of rotatable bonds is 5. The average Bonchev–Trinajstić information content (AvgIpc) is 3.43. The average molecular weight is 355 g/mol. The fraction of sp³-hybridized carbons (Fsp3) is 0.571. The highest BCUT2D eigenvalue weighted by Gasteiger charge is 2.38. The van der Waals surface area contributed by atoms with Crippen molar-refractivity contribution in [2.75, 3.05) is 32.9 Å². The van der Waals surface area contributed by atoms with E-state index in [0.29, 0.717) is 44.1 Å². The van der Waals surface area contributed by atoms with Gasteiger partial charge in [0.25, 0.3) is 5.91 Å². The van der Waals surface area contributed by atoms with E-state index in [4.69, 9.17) is 14.2 Å². The molecule has 5 rings (SSSR count). The van der Waals surface area contributed by atoms with E-state index in [2.05, 4.69) is 12.2 Å². The van der Waals surface area contributed by atoms with Crippen LogP contribution in [0.2, 0.25) is 0 Å². The fourth-order valence-electron chi connectivity index (χ4n) is 4.82. The van der Waals surface area contributed by atoms with E-state index in [-0.39, 0.29) is 12.2 Å². The first-order valence-corrected chi connectivity index (χ1v) is 9.73. The third kappa shape index (κ3) is 3.03. The Morgan fingerprint density at radius 1 is 1.08 bits per heavy atom. The maximum atomic E-state index is 13.3. The van der Waals surface area contributed by atoms with Gasteiger partial charge in [-0.25, -0.2) is 0 Å². The van der Waals surface area contributed by atoms with E-state index in [1.54, 1.807) is 0 Å². The van der Waals surface area contributed by atoms with Gasteiger partial charge < -0.3 is 19.1 Å². The highest BCUT2D eigenvalue weighted by molar-refractivity contribution is 5.94. The van der Waals surface area contributed by atoms with Crippen LogP contribution in [0.1, 0.15) is 28.8 Å². The second-order valence-electron chi connectivity index (χ2n) is 7.84. The summed E-state index contributed by atoms with van der Waals surface area (Å²) in [6, 6.07) is 5.81. The number of fused-ring (bicyclic) bond motifs is 3. The van der Waals surface area contributed by atoms with Crippen molar-refractivity contribution in [3.8, 4) is 5.75 Å². The number of hydrogen-bond acceptors (Lipinski definition) is 4. The molecule has 1 amide bonds. The van der Waals surface area contributed by atoms with Crippen LogP contribution in [0.3, 0.4) is 0 Å². The Morgan fingerprint density at radius 2 is 1.96 bits per heavy atom. The number of ether oxygens (including phenoxy) is 3. The number of carbonyl (C=O) groups is 1. The monoisotopic (exact) mass is 355 g/mol. The van der Waals surface area contributed by atoms with Gasteiger partial charge >= 0.3 is 0 Å². The van der Waals surface area contributed by atoms with Gasteiger partial charge in [-0.05, 0) is 54.4 Å². The second kappa shape index (κ2) is 6.71. The molecule has 0 radical (unpaired) electrons. The summed E-state index contributed by atoms with van der Waals surface area (Å²) in [5.74, 6) is 2.86. The summed E-state index contributed by atoms with van der Waals surface area (Å²) in [6.07, 6.45) is 7.70. The number of nitrogens with zero attached hydrogens (tertiary/aromatic N) is 1. The lowest BCUT2D eigenvalue weighted by molar-refractivity contribution is -0.0592. The summed E-state index contributed by atoms with van der Waals surface area (Å²) in [6.45, 7) is 3.21. The predicted molar refractivity (Wildman–Crippen MR) is 96.1 cm³/mol. The zero-order valence-electron chi connectivity index (χ0n) is 14.9. The van der Waals surface area contributed by atoms with E-state index in [0.717, 1.165) is 29.8 Å². The Labute approximate surface area is 153 Å². The van der Waals surface area contributed by atoms with Crippen molar-refractivity contribution in [1.29, 1.82) is 0 Å². The molecule has 3 atom stereocenters. The summed E-state index contributed by atoms with van der Waals surface area (Å²) >= 11 is 0. The molecule has 0 N–H and O–H groups in total. The first kappa shape index (κ1) is 16.3. The van der Waals surface area contributed by atoms with Gasteiger partial charge in [-0.3, -0.25) is 4.79 Å². The molecule has 0 aromatic heterocycles. The molecule has 1 saturated heterocycles. The molecule has 4 aliphatic rings. The fourth-order valence-corrected chi connectivity index (χ4v) is 4.82. The van der Waals surface area contributed by atoms with Crippen molar-refractivity contribution in [3.63, 3.8) is 0 Å². The van der Waals surface area contributed by atoms with Gasteiger partial charge in [0.2, 0.25) is 0 Å². The van der Waals surface area contributed by atoms with Crippen LogP contribution in [0.5, 0.6) is 5.75 Å². The molecule has 138 valence electrons. The molecule has 1 saturated carbocycles. The molecular weight excluding hydrogens is 330 g/mol. The summed E-state index contributed by atoms with van der Waals surface area (Å²) in [5, 5.41) is 0. The van der Waals surface area contributed by atoms with Gasteiger partial charge in [-0.1, -0.05) is 12.2 Å². The van der Waals surface area contributed by atoms with Crippen LogP contribution < -0.4 is 4.74 Å². The SMILES string of the molecule is O=C(c1ccc2c(c1)CCO2)N(CC1OCCO1)C[C@@H]1C[C@@H]2C=C[C@H]1C2. The predicted octanol–water partition coefficient (Wildman–Crippen LogP) is 2.65. The lowest BCUT2D eigenvalue weighted by Gasteiger charge is -2.30. The third-order valence-corrected chi connectivity index (χ3v) is 6.16. The summed E-state index contributed by atoms with van der Waals surface area (Å²) in [7, 11) is 0. The molecule has 2 heterocycles. The molecule has 26 heavy (non-hydrogen) atoms. The lowest BCUT2D eigenvalue weighted by atomic mass is 9.93. The van der Waals surface area contributed by atoms with E-state index < -0.39 is 0 Å². The van der Waals surface area contributed by atoms with Gasteiger partial charge in [0.05, 0.1) is 26.4 Å². The second-order valence-corrected chi connectivity index (χ2v) is 7.84. The van der Waals surface area contributed by atoms with Crippen LogP contribution >= 0.6 is 0 Å². The van der Waals surface area contributed by atoms with Gasteiger partial charge in [0.1, 0.15) is 5.75 Å². The highest BCUT2D eigenvalue weighted by atomic mass is 16.7. The number of benzene rings is 1. The van der Waals surface area contributed by atoms with Crippen LogP contribution in [0.25, 0.3) is 0 Å². The minimum Gasteiger partial charge on any atom is -0.493 e. The molecule has 2 aliphatic carbocycles. The van der Waals surface area contributed by atoms with Crippen molar-refractivity contribution < 1.29 is 19.0 Å². The number of allylic oxidation sites excluding steroid dienone is 2. The minimum atomic E-state index is -0.300. The Morgan fingerprint density at radius 3 is 2.73 bits per heavy atom. The van der Waals surface area contributed by atoms with Gasteiger partial charge in [-0.2, -0.15) is 0 Å². The molecule has 0 spiro atoms. The first-order valence-electron chi connectivity index (χ1n) is 9.73. The Hall–Kier alpha value is -1.85. The summed E-state index contributed by atoms with van der Waals surface area (Å²) in [4.78, 5) is 15.2. The van der Waals surface area contributed by atoms with Crippen LogP contribution in [-0.4, -0.2) is 50.0 Å². The first-order chi connectivity index (χ1) is 12.8. The highest BCUT2D eigenvalue weighted by Crippen LogP contribution is 2.43. The molecule has 5 heteroatoms. The van der Waals surface area contributed by atoms with Gasteiger partial charge in [0, 0.05) is 18.5 Å². The number of carbonyl (C=O) groups excluding carboxylic acids is 1. The maximum Gasteiger partial charge on any atom is 0.254 e. The quantitative estimate of drug-likeness (QED) is 0.762. The van der Waals surface area contributed by atoms with Gasteiger partial charge in [0.15, 0.2) is 6.29 Å². The van der Waals surface area contributed by atoms with Crippen molar-refractivity contribution in [2.24, 2.45) is 17.8 Å². The zero-order chi connectivity index (χ0) is 17.5. The smallest absolute Gasteiger partial charge is 0.254 e. The molecule has 1 aromatic rings. The molecule has 2 bridgehead atoms. The molecule has 5 nitrogen and oxygen atoms in total. The van der Waals surface area contributed by atoms with Gasteiger partial charge in [-0.15, -0.1) is 0 Å². The van der Waals surface area contributed by atoms with Crippen molar-refractivity contribution in [3.05, 3.63) is 41.5 Å². The molecule has 0 unspecified atom stereocenters. The largest absolute Gasteiger partial charge is 0.493 e. The van der Waals surface area contributed by atoms with Crippen LogP contribution in [0.15, 0.2) is 30.4 Å². The number of amides is 1. The topological polar surface area (TPSA) is 48.0 Å². The normalized spacial score (nSPS) is 29.2. The Balaban J connectivity index is 1.35. The summed E-state index contributed by atoms with van der Waals surface area (Å²) in [5.41, 5.74) is 1.87. The third-order valence-electron chi connectivity index (χ3n) is 6.16. The Bertz CT molecular complexity index is 725. The van der Waals surface area contributed by atoms with Crippen LogP contribution in [0, 0.1) is 17.8 Å². The number of hydrogen-bond donors (Lipinski definition) is 0. The van der Waals surface area contributed by atoms with Crippen molar-refractivity contribution in [1.82, 2.24) is 4.90 Å². The molecule has 2 aliphatic heterocycles. The maximum absolute atomic E-state index is 13.3.